The summed E-state index contributed by atoms with van der Waals surface area (Å²) in [5.74, 6) is 0.345. The van der Waals surface area contributed by atoms with Gasteiger partial charge in [0.2, 0.25) is 0 Å². The topological polar surface area (TPSA) is 49.3 Å². The number of fused-ring (bicyclic) bond motifs is 1. The molecule has 0 bridgehead atoms. The maximum Gasteiger partial charge on any atom is 0.115 e. The van der Waals surface area contributed by atoms with Gasteiger partial charge in [-0.25, -0.2) is 0 Å². The van der Waals surface area contributed by atoms with Gasteiger partial charge in [0.1, 0.15) is 5.75 Å². The van der Waals surface area contributed by atoms with Gasteiger partial charge in [0.25, 0.3) is 0 Å². The highest BCUT2D eigenvalue weighted by atomic mass is 32.2. The third-order valence-corrected chi connectivity index (χ3v) is 4.96. The largest absolute Gasteiger partial charge is 0.508 e. The van der Waals surface area contributed by atoms with Crippen LogP contribution in [0.25, 0.3) is 0 Å². The molecule has 100 valence electrons. The number of rotatable bonds is 4. The first-order chi connectivity index (χ1) is 8.58. The molecule has 0 spiro atoms. The number of phenolic OH excluding ortho intramolecular Hbond substituents is 1. The number of hydrogen-bond donors (Lipinski definition) is 2. The van der Waals surface area contributed by atoms with Crippen molar-refractivity contribution in [1.29, 1.82) is 0 Å². The van der Waals surface area contributed by atoms with Crippen LogP contribution in [0.15, 0.2) is 18.2 Å². The molecule has 1 aromatic carbocycles. The Labute approximate surface area is 111 Å². The predicted octanol–water partition coefficient (Wildman–Crippen LogP) is 2.13. The highest BCUT2D eigenvalue weighted by Gasteiger charge is 2.20. The van der Waals surface area contributed by atoms with Gasteiger partial charge in [0.15, 0.2) is 0 Å². The van der Waals surface area contributed by atoms with Crippen LogP contribution in [0, 0.1) is 0 Å². The molecule has 18 heavy (non-hydrogen) atoms. The predicted molar refractivity (Wildman–Crippen MR) is 75.3 cm³/mol. The minimum atomic E-state index is -0.779. The van der Waals surface area contributed by atoms with Crippen molar-refractivity contribution < 1.29 is 9.32 Å². The Morgan fingerprint density at radius 3 is 3.06 bits per heavy atom. The zero-order chi connectivity index (χ0) is 13.1. The zero-order valence-electron chi connectivity index (χ0n) is 11.0. The van der Waals surface area contributed by atoms with Gasteiger partial charge in [0.05, 0.1) is 0 Å². The Hall–Kier alpha value is -0.870. The summed E-state index contributed by atoms with van der Waals surface area (Å²) in [6, 6.07) is 5.96. The summed E-state index contributed by atoms with van der Waals surface area (Å²) in [7, 11) is -0.779. The number of phenols is 1. The van der Waals surface area contributed by atoms with Crippen LogP contribution in [0.2, 0.25) is 0 Å². The third-order valence-electron chi connectivity index (χ3n) is 3.66. The van der Waals surface area contributed by atoms with Crippen LogP contribution in [-0.2, 0) is 17.2 Å². The second kappa shape index (κ2) is 5.85. The number of benzene rings is 1. The van der Waals surface area contributed by atoms with Crippen molar-refractivity contribution in [2.45, 2.75) is 37.5 Å². The first-order valence-electron chi connectivity index (χ1n) is 6.45. The maximum atomic E-state index is 11.3. The van der Waals surface area contributed by atoms with Crippen LogP contribution < -0.4 is 5.32 Å². The van der Waals surface area contributed by atoms with Crippen LogP contribution in [-0.4, -0.2) is 27.4 Å². The van der Waals surface area contributed by atoms with Crippen molar-refractivity contribution in [3.05, 3.63) is 29.3 Å². The lowest BCUT2D eigenvalue weighted by atomic mass is 9.87. The Balaban J connectivity index is 2.06. The lowest BCUT2D eigenvalue weighted by molar-refractivity contribution is 0.451. The normalized spacial score (nSPS) is 22.2. The standard InChI is InChI=1S/C14H21NO2S/c1-10(18(2)17)9-15-14-5-3-4-11-8-12(16)6-7-13(11)14/h6-8,10,14-16H,3-5,9H2,1-2H3. The molecule has 3 atom stereocenters. The molecular formula is C14H21NO2S. The molecule has 3 nitrogen and oxygen atoms in total. The van der Waals surface area contributed by atoms with Gasteiger partial charge in [-0.05, 0) is 49.4 Å². The van der Waals surface area contributed by atoms with Crippen molar-refractivity contribution in [1.82, 2.24) is 5.32 Å². The second-order valence-corrected chi connectivity index (χ2v) is 6.85. The number of hydrogen-bond acceptors (Lipinski definition) is 3. The van der Waals surface area contributed by atoms with E-state index in [9.17, 15) is 9.32 Å². The van der Waals surface area contributed by atoms with Gasteiger partial charge >= 0.3 is 0 Å². The third kappa shape index (κ3) is 3.12. The molecule has 1 aliphatic carbocycles. The van der Waals surface area contributed by atoms with Crippen LogP contribution in [0.5, 0.6) is 5.75 Å². The highest BCUT2D eigenvalue weighted by molar-refractivity contribution is 7.84. The second-order valence-electron chi connectivity index (χ2n) is 5.05. The molecule has 0 heterocycles. The fraction of sp³-hybridized carbons (Fsp3) is 0.571. The molecule has 4 heteroatoms. The van der Waals surface area contributed by atoms with Gasteiger partial charge in [-0.2, -0.15) is 0 Å². The van der Waals surface area contributed by atoms with Crippen LogP contribution >= 0.6 is 0 Å². The average molecular weight is 267 g/mol. The molecular weight excluding hydrogens is 246 g/mol. The molecule has 0 amide bonds. The van der Waals surface area contributed by atoms with Crippen LogP contribution in [0.1, 0.15) is 36.9 Å². The van der Waals surface area contributed by atoms with E-state index in [1.54, 1.807) is 12.3 Å². The van der Waals surface area contributed by atoms with E-state index in [1.165, 1.54) is 11.1 Å². The van der Waals surface area contributed by atoms with Gasteiger partial charge in [-0.1, -0.05) is 6.07 Å². The van der Waals surface area contributed by atoms with E-state index >= 15 is 0 Å². The first-order valence-corrected chi connectivity index (χ1v) is 8.07. The van der Waals surface area contributed by atoms with Gasteiger partial charge in [-0.3, -0.25) is 4.21 Å². The minimum absolute atomic E-state index is 0.174. The Morgan fingerprint density at radius 2 is 2.33 bits per heavy atom. The van der Waals surface area contributed by atoms with Crippen molar-refractivity contribution in [2.24, 2.45) is 0 Å². The lowest BCUT2D eigenvalue weighted by Crippen LogP contribution is -2.32. The number of aryl methyl sites for hydroxylation is 1. The highest BCUT2D eigenvalue weighted by Crippen LogP contribution is 2.31. The summed E-state index contributed by atoms with van der Waals surface area (Å²) in [4.78, 5) is 0. The van der Waals surface area contributed by atoms with E-state index in [0.717, 1.165) is 25.8 Å². The molecule has 0 saturated heterocycles. The number of nitrogens with one attached hydrogen (secondary N) is 1. The van der Waals surface area contributed by atoms with Crippen molar-refractivity contribution >= 4 is 10.8 Å². The summed E-state index contributed by atoms with van der Waals surface area (Å²) in [6.07, 6.45) is 5.04. The molecule has 0 fully saturated rings. The van der Waals surface area contributed by atoms with Crippen LogP contribution in [0.4, 0.5) is 0 Å². The zero-order valence-corrected chi connectivity index (χ0v) is 11.8. The van der Waals surface area contributed by atoms with Crippen molar-refractivity contribution in [3.8, 4) is 5.75 Å². The molecule has 0 aromatic heterocycles. The average Bonchev–Trinajstić information content (AvgIpc) is 2.35. The summed E-state index contributed by atoms with van der Waals surface area (Å²) in [6.45, 7) is 2.78. The van der Waals surface area contributed by atoms with E-state index in [2.05, 4.69) is 5.32 Å². The summed E-state index contributed by atoms with van der Waals surface area (Å²) >= 11 is 0. The Morgan fingerprint density at radius 1 is 1.56 bits per heavy atom. The van der Waals surface area contributed by atoms with E-state index in [0.29, 0.717) is 11.8 Å². The molecule has 0 aliphatic heterocycles. The smallest absolute Gasteiger partial charge is 0.115 e. The summed E-state index contributed by atoms with van der Waals surface area (Å²) in [5, 5.41) is 13.2. The summed E-state index contributed by atoms with van der Waals surface area (Å²) in [5.41, 5.74) is 2.53. The Bertz CT molecular complexity index is 447. The molecule has 1 aliphatic rings. The molecule has 2 N–H and O–H groups in total. The SMILES string of the molecule is CC(CNC1CCCc2cc(O)ccc21)S(C)=O. The summed E-state index contributed by atoms with van der Waals surface area (Å²) < 4.78 is 11.3. The maximum absolute atomic E-state index is 11.3. The Kier molecular flexibility index (Phi) is 4.40. The van der Waals surface area contributed by atoms with Gasteiger partial charge in [0, 0.05) is 34.9 Å². The van der Waals surface area contributed by atoms with Crippen molar-refractivity contribution in [3.63, 3.8) is 0 Å². The van der Waals surface area contributed by atoms with Crippen LogP contribution in [0.3, 0.4) is 0 Å². The molecule has 0 saturated carbocycles. The molecule has 0 radical (unpaired) electrons. The monoisotopic (exact) mass is 267 g/mol. The quantitative estimate of drug-likeness (QED) is 0.878. The van der Waals surface area contributed by atoms with Crippen molar-refractivity contribution in [2.75, 3.05) is 12.8 Å². The van der Waals surface area contributed by atoms with E-state index in [4.69, 9.17) is 0 Å². The van der Waals surface area contributed by atoms with E-state index in [-0.39, 0.29) is 5.25 Å². The van der Waals surface area contributed by atoms with Gasteiger partial charge < -0.3 is 10.4 Å². The molecule has 2 rings (SSSR count). The van der Waals surface area contributed by atoms with E-state index in [1.807, 2.05) is 19.1 Å². The molecule has 1 aromatic rings. The number of aromatic hydroxyl groups is 1. The van der Waals surface area contributed by atoms with E-state index < -0.39 is 10.8 Å². The van der Waals surface area contributed by atoms with Gasteiger partial charge in [-0.15, -0.1) is 0 Å². The fourth-order valence-corrected chi connectivity index (χ4v) is 2.77. The minimum Gasteiger partial charge on any atom is -0.508 e. The first kappa shape index (κ1) is 13.6. The fourth-order valence-electron chi connectivity index (χ4n) is 2.44. The molecule has 3 unspecified atom stereocenters. The lowest BCUT2D eigenvalue weighted by Gasteiger charge is -2.27.